The fourth-order valence-corrected chi connectivity index (χ4v) is 2.44. The maximum atomic E-state index is 5.17. The molecule has 0 radical (unpaired) electrons. The third kappa shape index (κ3) is 12.0. The minimum absolute atomic E-state index is 0. The van der Waals surface area contributed by atoms with Crippen molar-refractivity contribution >= 4 is 29.9 Å². The molecule has 0 saturated carbocycles. The molecule has 0 heterocycles. The summed E-state index contributed by atoms with van der Waals surface area (Å²) in [4.78, 5) is 6.52. The van der Waals surface area contributed by atoms with E-state index in [1.807, 2.05) is 19.2 Å². The number of halogens is 1. The van der Waals surface area contributed by atoms with Gasteiger partial charge in [0.2, 0.25) is 0 Å². The van der Waals surface area contributed by atoms with Gasteiger partial charge in [-0.1, -0.05) is 31.4 Å². The molecule has 0 aliphatic rings. The van der Waals surface area contributed by atoms with Gasteiger partial charge in [-0.05, 0) is 51.2 Å². The quantitative estimate of drug-likeness (QED) is 0.229. The Morgan fingerprint density at radius 2 is 1.64 bits per heavy atom. The van der Waals surface area contributed by atoms with Crippen molar-refractivity contribution in [1.82, 2.24) is 15.5 Å². The lowest BCUT2D eigenvalue weighted by Crippen LogP contribution is -2.37. The molecule has 0 aliphatic carbocycles. The van der Waals surface area contributed by atoms with Gasteiger partial charge < -0.3 is 20.3 Å². The molecular formula is C19H35IN4O. The molecule has 0 saturated heterocycles. The Morgan fingerprint density at radius 1 is 1.00 bits per heavy atom. The van der Waals surface area contributed by atoms with Gasteiger partial charge in [0.05, 0.1) is 7.11 Å². The summed E-state index contributed by atoms with van der Waals surface area (Å²) in [6.07, 6.45) is 6.39. The molecule has 5 nitrogen and oxygen atoms in total. The topological polar surface area (TPSA) is 48.9 Å². The normalized spacial score (nSPS) is 11.2. The maximum Gasteiger partial charge on any atom is 0.191 e. The average Bonchev–Trinajstić information content (AvgIpc) is 2.60. The standard InChI is InChI=1S/C19H34N4O.HI/c1-20-19(21-14-8-6-5-7-9-15-23(2)3)22-16-17-10-12-18(24-4)13-11-17;/h10-13H,5-9,14-16H2,1-4H3,(H2,20,21,22);1H. The Kier molecular flexibility index (Phi) is 14.6. The molecule has 0 aromatic heterocycles. The number of aliphatic imine (C=N–C) groups is 1. The Labute approximate surface area is 170 Å². The molecule has 1 rings (SSSR count). The van der Waals surface area contributed by atoms with Crippen LogP contribution < -0.4 is 15.4 Å². The third-order valence-electron chi connectivity index (χ3n) is 3.92. The summed E-state index contributed by atoms with van der Waals surface area (Å²) in [6.45, 7) is 2.92. The fraction of sp³-hybridized carbons (Fsp3) is 0.632. The van der Waals surface area contributed by atoms with Crippen molar-refractivity contribution in [3.63, 3.8) is 0 Å². The number of benzene rings is 1. The molecule has 1 aromatic rings. The SMILES string of the molecule is CN=C(NCCCCCCCN(C)C)NCc1ccc(OC)cc1.I. The molecule has 0 spiro atoms. The van der Waals surface area contributed by atoms with Crippen molar-refractivity contribution in [2.45, 2.75) is 38.6 Å². The molecule has 0 fully saturated rings. The summed E-state index contributed by atoms with van der Waals surface area (Å²) in [5, 5.41) is 6.72. The highest BCUT2D eigenvalue weighted by molar-refractivity contribution is 14.0. The number of hydrogen-bond acceptors (Lipinski definition) is 3. The number of nitrogens with zero attached hydrogens (tertiary/aromatic N) is 2. The smallest absolute Gasteiger partial charge is 0.191 e. The van der Waals surface area contributed by atoms with E-state index in [4.69, 9.17) is 4.74 Å². The van der Waals surface area contributed by atoms with Gasteiger partial charge in [0.15, 0.2) is 5.96 Å². The highest BCUT2D eigenvalue weighted by Gasteiger charge is 1.99. The lowest BCUT2D eigenvalue weighted by atomic mass is 10.1. The fourth-order valence-electron chi connectivity index (χ4n) is 2.44. The molecule has 0 unspecified atom stereocenters. The highest BCUT2D eigenvalue weighted by atomic mass is 127. The summed E-state index contributed by atoms with van der Waals surface area (Å²) in [6, 6.07) is 8.08. The van der Waals surface area contributed by atoms with Crippen LogP contribution in [0, 0.1) is 0 Å². The van der Waals surface area contributed by atoms with Crippen molar-refractivity contribution in [3.05, 3.63) is 29.8 Å². The van der Waals surface area contributed by atoms with E-state index in [1.54, 1.807) is 7.11 Å². The largest absolute Gasteiger partial charge is 0.497 e. The minimum Gasteiger partial charge on any atom is -0.497 e. The van der Waals surface area contributed by atoms with Crippen LogP contribution in [0.25, 0.3) is 0 Å². The van der Waals surface area contributed by atoms with E-state index in [2.05, 4.69) is 46.8 Å². The number of unbranched alkanes of at least 4 members (excludes halogenated alkanes) is 4. The van der Waals surface area contributed by atoms with Crippen molar-refractivity contribution in [2.75, 3.05) is 41.3 Å². The van der Waals surface area contributed by atoms with Gasteiger partial charge in [0.1, 0.15) is 5.75 Å². The summed E-state index contributed by atoms with van der Waals surface area (Å²) < 4.78 is 5.17. The molecule has 1 aromatic carbocycles. The number of rotatable bonds is 11. The number of guanidine groups is 1. The molecular weight excluding hydrogens is 427 g/mol. The molecule has 144 valence electrons. The third-order valence-corrected chi connectivity index (χ3v) is 3.92. The van der Waals surface area contributed by atoms with Crippen LogP contribution in [0.4, 0.5) is 0 Å². The molecule has 25 heavy (non-hydrogen) atoms. The van der Waals surface area contributed by atoms with Crippen molar-refractivity contribution in [3.8, 4) is 5.75 Å². The first-order valence-electron chi connectivity index (χ1n) is 8.88. The molecule has 0 aliphatic heterocycles. The van der Waals surface area contributed by atoms with Gasteiger partial charge in [0, 0.05) is 20.1 Å². The minimum atomic E-state index is 0. The predicted octanol–water partition coefficient (Wildman–Crippen LogP) is 3.49. The molecule has 6 heteroatoms. The second kappa shape index (κ2) is 15.3. The molecule has 0 bridgehead atoms. The van der Waals surface area contributed by atoms with Crippen molar-refractivity contribution in [2.24, 2.45) is 4.99 Å². The average molecular weight is 462 g/mol. The lowest BCUT2D eigenvalue weighted by molar-refractivity contribution is 0.389. The van der Waals surface area contributed by atoms with Gasteiger partial charge in [-0.2, -0.15) is 0 Å². The van der Waals surface area contributed by atoms with Crippen molar-refractivity contribution in [1.29, 1.82) is 0 Å². The Morgan fingerprint density at radius 3 is 2.24 bits per heavy atom. The second-order valence-electron chi connectivity index (χ2n) is 6.27. The van der Waals surface area contributed by atoms with Crippen LogP contribution in [0.1, 0.15) is 37.7 Å². The first-order valence-corrected chi connectivity index (χ1v) is 8.88. The summed E-state index contributed by atoms with van der Waals surface area (Å²) in [7, 11) is 7.76. The Bertz CT molecular complexity index is 463. The zero-order chi connectivity index (χ0) is 17.6. The van der Waals surface area contributed by atoms with Crippen molar-refractivity contribution < 1.29 is 4.74 Å². The van der Waals surface area contributed by atoms with Crippen LogP contribution in [-0.2, 0) is 6.54 Å². The number of nitrogens with one attached hydrogen (secondary N) is 2. The van der Waals surface area contributed by atoms with Crippen LogP contribution in [0.3, 0.4) is 0 Å². The van der Waals surface area contributed by atoms with E-state index < -0.39 is 0 Å². The van der Waals surface area contributed by atoms with E-state index in [0.717, 1.165) is 24.8 Å². The zero-order valence-electron chi connectivity index (χ0n) is 16.2. The number of methoxy groups -OCH3 is 1. The van der Waals surface area contributed by atoms with E-state index in [1.165, 1.54) is 44.2 Å². The number of hydrogen-bond donors (Lipinski definition) is 2. The van der Waals surface area contributed by atoms with Crippen LogP contribution in [-0.4, -0.2) is 52.2 Å². The maximum absolute atomic E-state index is 5.17. The summed E-state index contributed by atoms with van der Waals surface area (Å²) in [5.74, 6) is 1.74. The van der Waals surface area contributed by atoms with Gasteiger partial charge in [-0.15, -0.1) is 24.0 Å². The van der Waals surface area contributed by atoms with E-state index in [0.29, 0.717) is 0 Å². The Balaban J connectivity index is 0.00000576. The van der Waals surface area contributed by atoms with Gasteiger partial charge in [0.25, 0.3) is 0 Å². The van der Waals surface area contributed by atoms with Gasteiger partial charge >= 0.3 is 0 Å². The summed E-state index contributed by atoms with van der Waals surface area (Å²) >= 11 is 0. The van der Waals surface area contributed by atoms with Gasteiger partial charge in [-0.3, -0.25) is 4.99 Å². The molecule has 0 amide bonds. The first-order chi connectivity index (χ1) is 11.7. The van der Waals surface area contributed by atoms with E-state index in [-0.39, 0.29) is 24.0 Å². The van der Waals surface area contributed by atoms with Crippen LogP contribution in [0.15, 0.2) is 29.3 Å². The first kappa shape index (κ1) is 24.0. The van der Waals surface area contributed by atoms with Gasteiger partial charge in [-0.25, -0.2) is 0 Å². The monoisotopic (exact) mass is 462 g/mol. The second-order valence-corrected chi connectivity index (χ2v) is 6.27. The van der Waals surface area contributed by atoms with Crippen LogP contribution >= 0.6 is 24.0 Å². The summed E-state index contributed by atoms with van der Waals surface area (Å²) in [5.41, 5.74) is 1.21. The van der Waals surface area contributed by atoms with E-state index >= 15 is 0 Å². The lowest BCUT2D eigenvalue weighted by Gasteiger charge is -2.12. The molecule has 2 N–H and O–H groups in total. The highest BCUT2D eigenvalue weighted by Crippen LogP contribution is 2.10. The van der Waals surface area contributed by atoms with Crippen LogP contribution in [0.2, 0.25) is 0 Å². The predicted molar refractivity (Wildman–Crippen MR) is 118 cm³/mol. The van der Waals surface area contributed by atoms with Crippen LogP contribution in [0.5, 0.6) is 5.75 Å². The van der Waals surface area contributed by atoms with E-state index in [9.17, 15) is 0 Å². The Hall–Kier alpha value is -1.02. The zero-order valence-corrected chi connectivity index (χ0v) is 18.5. The number of ether oxygens (including phenoxy) is 1. The molecule has 0 atom stereocenters.